The van der Waals surface area contributed by atoms with Gasteiger partial charge in [0.05, 0.1) is 6.61 Å². The molecule has 0 unspecified atom stereocenters. The van der Waals surface area contributed by atoms with Gasteiger partial charge in [0.25, 0.3) is 0 Å². The van der Waals surface area contributed by atoms with Crippen LogP contribution in [0.25, 0.3) is 0 Å². The SMILES string of the molecule is CCOC(=O)[C@](C)(Oc1ccc(C(C)C)cc1)[C@H](CC)c1ccc(Cl)cc1. The predicted molar refractivity (Wildman–Crippen MR) is 111 cm³/mol. The van der Waals surface area contributed by atoms with Crippen molar-refractivity contribution in [1.29, 1.82) is 0 Å². The number of hydrogen-bond donors (Lipinski definition) is 0. The minimum atomic E-state index is -1.14. The topological polar surface area (TPSA) is 35.5 Å². The van der Waals surface area contributed by atoms with Gasteiger partial charge in [-0.2, -0.15) is 0 Å². The van der Waals surface area contributed by atoms with Crippen molar-refractivity contribution in [3.63, 3.8) is 0 Å². The van der Waals surface area contributed by atoms with Gasteiger partial charge in [0.1, 0.15) is 5.75 Å². The Morgan fingerprint density at radius 2 is 1.56 bits per heavy atom. The monoisotopic (exact) mass is 388 g/mol. The molecule has 146 valence electrons. The van der Waals surface area contributed by atoms with Crippen LogP contribution in [0.15, 0.2) is 48.5 Å². The molecule has 0 aliphatic carbocycles. The summed E-state index contributed by atoms with van der Waals surface area (Å²) in [6.07, 6.45) is 0.723. The number of benzene rings is 2. The Labute approximate surface area is 167 Å². The van der Waals surface area contributed by atoms with Gasteiger partial charge < -0.3 is 9.47 Å². The van der Waals surface area contributed by atoms with E-state index in [1.807, 2.05) is 62.4 Å². The van der Waals surface area contributed by atoms with E-state index in [0.717, 1.165) is 12.0 Å². The van der Waals surface area contributed by atoms with Crippen molar-refractivity contribution in [2.45, 2.75) is 58.5 Å². The number of carbonyl (C=O) groups excluding carboxylic acids is 1. The molecule has 0 spiro atoms. The normalized spacial score (nSPS) is 14.5. The van der Waals surface area contributed by atoms with Gasteiger partial charge in [0.15, 0.2) is 0 Å². The summed E-state index contributed by atoms with van der Waals surface area (Å²) in [7, 11) is 0. The molecule has 0 amide bonds. The van der Waals surface area contributed by atoms with Crippen LogP contribution in [0, 0.1) is 0 Å². The molecule has 0 aliphatic heterocycles. The van der Waals surface area contributed by atoms with E-state index in [-0.39, 0.29) is 11.9 Å². The van der Waals surface area contributed by atoms with Crippen LogP contribution >= 0.6 is 11.6 Å². The van der Waals surface area contributed by atoms with Gasteiger partial charge in [-0.1, -0.05) is 56.6 Å². The van der Waals surface area contributed by atoms with E-state index in [2.05, 4.69) is 13.8 Å². The number of ether oxygens (including phenoxy) is 2. The number of esters is 1. The molecule has 0 saturated carbocycles. The second-order valence-corrected chi connectivity index (χ2v) is 7.60. The molecular weight excluding hydrogens is 360 g/mol. The van der Waals surface area contributed by atoms with Crippen molar-refractivity contribution in [3.05, 3.63) is 64.7 Å². The molecule has 0 heterocycles. The third-order valence-corrected chi connectivity index (χ3v) is 5.15. The lowest BCUT2D eigenvalue weighted by Crippen LogP contribution is -2.48. The first-order chi connectivity index (χ1) is 12.8. The van der Waals surface area contributed by atoms with Gasteiger partial charge in [-0.15, -0.1) is 0 Å². The molecule has 27 heavy (non-hydrogen) atoms. The van der Waals surface area contributed by atoms with Crippen LogP contribution in [0.2, 0.25) is 5.02 Å². The molecule has 2 rings (SSSR count). The molecule has 3 nitrogen and oxygen atoms in total. The minimum Gasteiger partial charge on any atom is -0.475 e. The zero-order valence-corrected chi connectivity index (χ0v) is 17.5. The van der Waals surface area contributed by atoms with Gasteiger partial charge in [-0.25, -0.2) is 4.79 Å². The summed E-state index contributed by atoms with van der Waals surface area (Å²) in [5.74, 6) is 0.564. The second-order valence-electron chi connectivity index (χ2n) is 7.17. The van der Waals surface area contributed by atoms with Crippen LogP contribution < -0.4 is 4.74 Å². The van der Waals surface area contributed by atoms with Crippen LogP contribution in [0.5, 0.6) is 5.75 Å². The van der Waals surface area contributed by atoms with E-state index >= 15 is 0 Å². The number of rotatable bonds is 8. The number of halogens is 1. The molecule has 0 radical (unpaired) electrons. The smallest absolute Gasteiger partial charge is 0.350 e. The molecular formula is C23H29ClO3. The molecule has 2 atom stereocenters. The Kier molecular flexibility index (Phi) is 7.32. The fourth-order valence-corrected chi connectivity index (χ4v) is 3.46. The number of hydrogen-bond acceptors (Lipinski definition) is 3. The summed E-state index contributed by atoms with van der Waals surface area (Å²) in [5, 5.41) is 0.664. The fraction of sp³-hybridized carbons (Fsp3) is 0.435. The first-order valence-corrected chi connectivity index (χ1v) is 9.91. The summed E-state index contributed by atoms with van der Waals surface area (Å²) in [6, 6.07) is 15.5. The Hall–Kier alpha value is -2.00. The van der Waals surface area contributed by atoms with Crippen molar-refractivity contribution in [1.82, 2.24) is 0 Å². The van der Waals surface area contributed by atoms with E-state index in [9.17, 15) is 4.79 Å². The summed E-state index contributed by atoms with van der Waals surface area (Å²) in [6.45, 7) is 10.3. The Morgan fingerprint density at radius 3 is 2.04 bits per heavy atom. The summed E-state index contributed by atoms with van der Waals surface area (Å²) >= 11 is 6.03. The first-order valence-electron chi connectivity index (χ1n) is 9.53. The zero-order valence-electron chi connectivity index (χ0n) is 16.8. The van der Waals surface area contributed by atoms with Gasteiger partial charge in [0.2, 0.25) is 5.60 Å². The van der Waals surface area contributed by atoms with Crippen LogP contribution in [-0.4, -0.2) is 18.2 Å². The highest BCUT2D eigenvalue weighted by molar-refractivity contribution is 6.30. The highest BCUT2D eigenvalue weighted by atomic mass is 35.5. The van der Waals surface area contributed by atoms with Crippen LogP contribution in [0.3, 0.4) is 0 Å². The predicted octanol–water partition coefficient (Wildman–Crippen LogP) is 6.36. The molecule has 4 heteroatoms. The fourth-order valence-electron chi connectivity index (χ4n) is 3.33. The first kappa shape index (κ1) is 21.3. The molecule has 0 N–H and O–H groups in total. The van der Waals surface area contributed by atoms with Crippen LogP contribution in [-0.2, 0) is 9.53 Å². The zero-order chi connectivity index (χ0) is 20.0. The molecule has 0 aromatic heterocycles. The van der Waals surface area contributed by atoms with Crippen molar-refractivity contribution < 1.29 is 14.3 Å². The Balaban J connectivity index is 2.40. The third-order valence-electron chi connectivity index (χ3n) is 4.90. The Morgan fingerprint density at radius 1 is 1.00 bits per heavy atom. The van der Waals surface area contributed by atoms with E-state index in [0.29, 0.717) is 23.3 Å². The van der Waals surface area contributed by atoms with E-state index in [4.69, 9.17) is 21.1 Å². The van der Waals surface area contributed by atoms with Crippen molar-refractivity contribution in [3.8, 4) is 5.75 Å². The maximum Gasteiger partial charge on any atom is 0.350 e. The third kappa shape index (κ3) is 5.04. The molecule has 0 bridgehead atoms. The van der Waals surface area contributed by atoms with Crippen molar-refractivity contribution in [2.24, 2.45) is 0 Å². The summed E-state index contributed by atoms with van der Waals surface area (Å²) in [4.78, 5) is 12.9. The summed E-state index contributed by atoms with van der Waals surface area (Å²) < 4.78 is 11.7. The molecule has 0 fully saturated rings. The van der Waals surface area contributed by atoms with Crippen LogP contribution in [0.4, 0.5) is 0 Å². The minimum absolute atomic E-state index is 0.168. The number of carbonyl (C=O) groups is 1. The molecule has 2 aromatic carbocycles. The largest absolute Gasteiger partial charge is 0.475 e. The molecule has 2 aromatic rings. The quantitative estimate of drug-likeness (QED) is 0.493. The van der Waals surface area contributed by atoms with Crippen molar-refractivity contribution in [2.75, 3.05) is 6.61 Å². The lowest BCUT2D eigenvalue weighted by molar-refractivity contribution is -0.162. The van der Waals surface area contributed by atoms with Gasteiger partial charge in [-0.3, -0.25) is 0 Å². The average Bonchev–Trinajstić information content (AvgIpc) is 2.64. The van der Waals surface area contributed by atoms with E-state index in [1.165, 1.54) is 5.56 Å². The van der Waals surface area contributed by atoms with E-state index < -0.39 is 5.60 Å². The van der Waals surface area contributed by atoms with Gasteiger partial charge in [-0.05, 0) is 61.6 Å². The van der Waals surface area contributed by atoms with Crippen LogP contribution in [0.1, 0.15) is 64.0 Å². The maximum absolute atomic E-state index is 12.9. The summed E-state index contributed by atoms with van der Waals surface area (Å²) in [5.41, 5.74) is 1.08. The van der Waals surface area contributed by atoms with Gasteiger partial charge in [0, 0.05) is 10.9 Å². The standard InChI is InChI=1S/C23H29ClO3/c1-6-21(18-8-12-19(24)13-9-18)23(5,22(25)26-7-2)27-20-14-10-17(11-15-20)16(3)4/h8-16,21H,6-7H2,1-5H3/t21-,23-/m1/s1. The highest BCUT2D eigenvalue weighted by Crippen LogP contribution is 2.37. The lowest BCUT2D eigenvalue weighted by atomic mass is 9.81. The van der Waals surface area contributed by atoms with Gasteiger partial charge >= 0.3 is 5.97 Å². The maximum atomic E-state index is 12.9. The van der Waals surface area contributed by atoms with E-state index in [1.54, 1.807) is 6.92 Å². The van der Waals surface area contributed by atoms with Crippen molar-refractivity contribution >= 4 is 17.6 Å². The molecule has 0 saturated heterocycles. The second kappa shape index (κ2) is 9.27. The Bertz CT molecular complexity index is 737. The lowest BCUT2D eigenvalue weighted by Gasteiger charge is -2.35. The highest BCUT2D eigenvalue weighted by Gasteiger charge is 2.45. The molecule has 0 aliphatic rings. The average molecular weight is 389 g/mol.